The molecule has 1 amide bonds. The van der Waals surface area contributed by atoms with Crippen LogP contribution in [-0.4, -0.2) is 56.8 Å². The van der Waals surface area contributed by atoms with E-state index in [1.54, 1.807) is 12.1 Å². The van der Waals surface area contributed by atoms with Crippen LogP contribution in [0.5, 0.6) is 5.75 Å². The van der Waals surface area contributed by atoms with Crippen LogP contribution in [0.1, 0.15) is 18.9 Å². The molecule has 7 heteroatoms. The molecule has 0 spiro atoms. The molecule has 3 fully saturated rings. The number of halogens is 1. The predicted octanol–water partition coefficient (Wildman–Crippen LogP) is 3.77. The number of nitrogens with one attached hydrogen (secondary N) is 1. The smallest absolute Gasteiger partial charge is 0.228 e. The number of rotatable bonds is 8. The summed E-state index contributed by atoms with van der Waals surface area (Å²) in [6, 6.07) is 13.3. The summed E-state index contributed by atoms with van der Waals surface area (Å²) < 4.78 is 25.7. The lowest BCUT2D eigenvalue weighted by Crippen LogP contribution is -2.36. The van der Waals surface area contributed by atoms with Gasteiger partial charge in [-0.05, 0) is 54.2 Å². The molecule has 1 saturated carbocycles. The number of fused-ring (bicyclic) bond motifs is 1. The van der Waals surface area contributed by atoms with Crippen LogP contribution in [0, 0.1) is 23.6 Å². The van der Waals surface area contributed by atoms with Crippen molar-refractivity contribution >= 4 is 17.3 Å². The lowest BCUT2D eigenvalue weighted by atomic mass is 10.1. The van der Waals surface area contributed by atoms with E-state index >= 15 is 0 Å². The average molecular weight is 454 g/mol. The monoisotopic (exact) mass is 453 g/mol. The highest BCUT2D eigenvalue weighted by Gasteiger charge is 2.59. The maximum absolute atomic E-state index is 14.6. The van der Waals surface area contributed by atoms with Crippen molar-refractivity contribution < 1.29 is 18.7 Å². The lowest BCUT2D eigenvalue weighted by molar-refractivity contribution is -0.118. The minimum absolute atomic E-state index is 0.0122. The average Bonchev–Trinajstić information content (AvgIpc) is 3.34. The number of nitrogens with zero attached hydrogens (tertiary/aromatic N) is 2. The van der Waals surface area contributed by atoms with Gasteiger partial charge in [-0.25, -0.2) is 4.39 Å². The molecule has 0 aromatic heterocycles. The Balaban J connectivity index is 1.12. The van der Waals surface area contributed by atoms with Crippen molar-refractivity contribution in [1.82, 2.24) is 4.90 Å². The Morgan fingerprint density at radius 2 is 1.94 bits per heavy atom. The summed E-state index contributed by atoms with van der Waals surface area (Å²) in [5.41, 5.74) is 2.33. The first-order chi connectivity index (χ1) is 16.1. The Kier molecular flexibility index (Phi) is 6.51. The molecule has 2 heterocycles. The molecule has 2 unspecified atom stereocenters. The maximum Gasteiger partial charge on any atom is 0.228 e. The van der Waals surface area contributed by atoms with Crippen LogP contribution in [0.4, 0.5) is 15.8 Å². The maximum atomic E-state index is 14.6. The first kappa shape index (κ1) is 22.2. The minimum atomic E-state index is -0.304. The third-order valence-corrected chi connectivity index (χ3v) is 6.92. The number of likely N-dealkylation sites (tertiary alicyclic amines) is 1. The molecule has 176 valence electrons. The van der Waals surface area contributed by atoms with Crippen LogP contribution in [0.15, 0.2) is 42.5 Å². The van der Waals surface area contributed by atoms with E-state index in [4.69, 9.17) is 9.47 Å². The van der Waals surface area contributed by atoms with Crippen molar-refractivity contribution in [1.29, 1.82) is 0 Å². The van der Waals surface area contributed by atoms with Gasteiger partial charge < -0.3 is 19.7 Å². The summed E-state index contributed by atoms with van der Waals surface area (Å²) >= 11 is 0. The number of ether oxygens (including phenoxy) is 2. The summed E-state index contributed by atoms with van der Waals surface area (Å²) in [7, 11) is 0. The van der Waals surface area contributed by atoms with Gasteiger partial charge in [0.1, 0.15) is 11.6 Å². The number of carbonyl (C=O) groups is 1. The zero-order chi connectivity index (χ0) is 22.8. The summed E-state index contributed by atoms with van der Waals surface area (Å²) in [5, 5.41) is 2.94. The van der Waals surface area contributed by atoms with Crippen LogP contribution in [0.25, 0.3) is 0 Å². The lowest BCUT2D eigenvalue weighted by Gasteiger charge is -2.29. The molecule has 2 atom stereocenters. The Bertz CT molecular complexity index is 982. The van der Waals surface area contributed by atoms with Gasteiger partial charge in [0.05, 0.1) is 25.5 Å². The Labute approximate surface area is 194 Å². The number of benzene rings is 2. The summed E-state index contributed by atoms with van der Waals surface area (Å²) in [6.45, 7) is 8.13. The fourth-order valence-electron chi connectivity index (χ4n) is 5.21. The van der Waals surface area contributed by atoms with Gasteiger partial charge in [0.2, 0.25) is 5.91 Å². The quantitative estimate of drug-likeness (QED) is 0.660. The Hall–Kier alpha value is -2.64. The number of morpholine rings is 1. The number of piperidine rings is 1. The van der Waals surface area contributed by atoms with Gasteiger partial charge in [-0.1, -0.05) is 19.1 Å². The summed E-state index contributed by atoms with van der Waals surface area (Å²) in [4.78, 5) is 17.2. The van der Waals surface area contributed by atoms with Crippen molar-refractivity contribution in [3.8, 4) is 5.75 Å². The van der Waals surface area contributed by atoms with E-state index < -0.39 is 0 Å². The van der Waals surface area contributed by atoms with Gasteiger partial charge in [-0.2, -0.15) is 0 Å². The second kappa shape index (κ2) is 9.69. The molecule has 1 aliphatic carbocycles. The molecule has 2 aliphatic heterocycles. The molecular weight excluding hydrogens is 421 g/mol. The standard InChI is InChI=1S/C26H32FN3O3/c1-2-10-33-20-5-3-4-18(13-20)15-29-16-21-22(17-29)25(21)26(31)28-19-6-7-24(23(27)14-19)30-8-11-32-12-9-30/h3-7,13-14,21-22,25H,2,8-12,15-17H2,1H3,(H,28,31). The highest BCUT2D eigenvalue weighted by molar-refractivity contribution is 5.95. The van der Waals surface area contributed by atoms with Crippen molar-refractivity contribution in [3.63, 3.8) is 0 Å². The fraction of sp³-hybridized carbons (Fsp3) is 0.500. The zero-order valence-corrected chi connectivity index (χ0v) is 19.1. The Morgan fingerprint density at radius 3 is 2.67 bits per heavy atom. The topological polar surface area (TPSA) is 54.0 Å². The van der Waals surface area contributed by atoms with Crippen molar-refractivity contribution in [2.24, 2.45) is 17.8 Å². The minimum Gasteiger partial charge on any atom is -0.494 e. The summed E-state index contributed by atoms with van der Waals surface area (Å²) in [6.07, 6.45) is 0.994. The third kappa shape index (κ3) is 4.99. The zero-order valence-electron chi connectivity index (χ0n) is 19.1. The van der Waals surface area contributed by atoms with Gasteiger partial charge in [-0.3, -0.25) is 9.69 Å². The van der Waals surface area contributed by atoms with E-state index in [1.165, 1.54) is 11.6 Å². The first-order valence-corrected chi connectivity index (χ1v) is 12.0. The molecule has 0 radical (unpaired) electrons. The van der Waals surface area contributed by atoms with E-state index in [-0.39, 0.29) is 17.6 Å². The van der Waals surface area contributed by atoms with E-state index in [2.05, 4.69) is 29.3 Å². The SMILES string of the molecule is CCCOc1cccc(CN2CC3C(C2)C3C(=O)Nc2ccc(N3CCOCC3)c(F)c2)c1. The van der Waals surface area contributed by atoms with Crippen LogP contribution < -0.4 is 15.0 Å². The first-order valence-electron chi connectivity index (χ1n) is 12.0. The molecular formula is C26H32FN3O3. The summed E-state index contributed by atoms with van der Waals surface area (Å²) in [5.74, 6) is 1.44. The van der Waals surface area contributed by atoms with Crippen LogP contribution in [-0.2, 0) is 16.1 Å². The highest BCUT2D eigenvalue weighted by Crippen LogP contribution is 2.52. The number of hydrogen-bond acceptors (Lipinski definition) is 5. The molecule has 0 bridgehead atoms. The second-order valence-electron chi connectivity index (χ2n) is 9.30. The van der Waals surface area contributed by atoms with E-state index in [9.17, 15) is 9.18 Å². The van der Waals surface area contributed by atoms with Gasteiger partial charge in [0, 0.05) is 44.3 Å². The van der Waals surface area contributed by atoms with E-state index in [0.717, 1.165) is 38.4 Å². The van der Waals surface area contributed by atoms with E-state index in [0.29, 0.717) is 49.5 Å². The van der Waals surface area contributed by atoms with Gasteiger partial charge in [-0.15, -0.1) is 0 Å². The van der Waals surface area contributed by atoms with Gasteiger partial charge in [0.15, 0.2) is 0 Å². The number of carbonyl (C=O) groups excluding carboxylic acids is 1. The van der Waals surface area contributed by atoms with Crippen LogP contribution in [0.2, 0.25) is 0 Å². The molecule has 2 aromatic rings. The number of hydrogen-bond donors (Lipinski definition) is 1. The van der Waals surface area contributed by atoms with Gasteiger partial charge >= 0.3 is 0 Å². The predicted molar refractivity (Wildman–Crippen MR) is 126 cm³/mol. The molecule has 33 heavy (non-hydrogen) atoms. The molecule has 5 rings (SSSR count). The normalized spacial score (nSPS) is 24.4. The van der Waals surface area contributed by atoms with Crippen molar-refractivity contribution in [2.75, 3.05) is 56.2 Å². The second-order valence-corrected chi connectivity index (χ2v) is 9.30. The largest absolute Gasteiger partial charge is 0.494 e. The van der Waals surface area contributed by atoms with E-state index in [1.807, 2.05) is 17.0 Å². The number of anilines is 2. The highest BCUT2D eigenvalue weighted by atomic mass is 19.1. The fourth-order valence-corrected chi connectivity index (χ4v) is 5.21. The molecule has 2 saturated heterocycles. The molecule has 1 N–H and O–H groups in total. The third-order valence-electron chi connectivity index (χ3n) is 6.92. The Morgan fingerprint density at radius 1 is 1.15 bits per heavy atom. The van der Waals surface area contributed by atoms with Crippen LogP contribution in [0.3, 0.4) is 0 Å². The molecule has 2 aromatic carbocycles. The molecule has 3 aliphatic rings. The van der Waals surface area contributed by atoms with Crippen molar-refractivity contribution in [3.05, 3.63) is 53.8 Å². The van der Waals surface area contributed by atoms with Crippen molar-refractivity contribution in [2.45, 2.75) is 19.9 Å². The number of amides is 1. The van der Waals surface area contributed by atoms with Gasteiger partial charge in [0.25, 0.3) is 0 Å². The molecule has 6 nitrogen and oxygen atoms in total. The van der Waals surface area contributed by atoms with Crippen LogP contribution >= 0.6 is 0 Å².